The van der Waals surface area contributed by atoms with Gasteiger partial charge >= 0.3 is 6.09 Å². The Kier molecular flexibility index (Phi) is 16.4. The maximum atomic E-state index is 13.7. The summed E-state index contributed by atoms with van der Waals surface area (Å²) in [5.41, 5.74) is 0. The van der Waals surface area contributed by atoms with Gasteiger partial charge in [0.1, 0.15) is 0 Å². The lowest BCUT2D eigenvalue weighted by Crippen LogP contribution is -2.47. The van der Waals surface area contributed by atoms with E-state index in [1.807, 2.05) is 20.8 Å². The van der Waals surface area contributed by atoms with Gasteiger partial charge in [0, 0.05) is 32.3 Å². The summed E-state index contributed by atoms with van der Waals surface area (Å²) in [5.74, 6) is -14.0. The van der Waals surface area contributed by atoms with Gasteiger partial charge in [-0.25, -0.2) is 18.0 Å². The Balaban J connectivity index is 2.71. The van der Waals surface area contributed by atoms with E-state index >= 15 is 0 Å². The van der Waals surface area contributed by atoms with Gasteiger partial charge in [-0.1, -0.05) is 51.9 Å². The fourth-order valence-electron chi connectivity index (χ4n) is 4.26. The number of rotatable bonds is 20. The van der Waals surface area contributed by atoms with Crippen molar-refractivity contribution in [1.82, 2.24) is 5.32 Å². The average molecular weight is 556 g/mol. The number of hydrogen-bond acceptors (Lipinski definition) is 5. The molecule has 0 spiro atoms. The topological polar surface area (TPSA) is 66.0 Å². The van der Waals surface area contributed by atoms with Crippen LogP contribution in [-0.4, -0.2) is 38.4 Å². The zero-order valence-electron chi connectivity index (χ0n) is 22.9. The van der Waals surface area contributed by atoms with E-state index in [4.69, 9.17) is 14.2 Å². The molecule has 1 atom stereocenters. The largest absolute Gasteiger partial charge is 0.412 e. The maximum absolute atomic E-state index is 13.7. The van der Waals surface area contributed by atoms with Crippen molar-refractivity contribution in [2.45, 2.75) is 97.9 Å². The van der Waals surface area contributed by atoms with Gasteiger partial charge in [-0.15, -0.1) is 0 Å². The van der Waals surface area contributed by atoms with E-state index in [-0.39, 0.29) is 12.5 Å². The van der Waals surface area contributed by atoms with Crippen molar-refractivity contribution in [3.05, 3.63) is 29.1 Å². The Labute approximate surface area is 222 Å². The summed E-state index contributed by atoms with van der Waals surface area (Å²) in [6.07, 6.45) is 8.03. The molecule has 0 fully saturated rings. The minimum absolute atomic E-state index is 0.0584. The van der Waals surface area contributed by atoms with Gasteiger partial charge in [-0.2, -0.15) is 8.78 Å². The normalized spacial score (nSPS) is 12.6. The predicted molar refractivity (Wildman–Crippen MR) is 133 cm³/mol. The van der Waals surface area contributed by atoms with Crippen LogP contribution in [0.3, 0.4) is 0 Å². The van der Waals surface area contributed by atoms with E-state index in [0.717, 1.165) is 25.7 Å². The minimum atomic E-state index is -2.33. The predicted octanol–water partition coefficient (Wildman–Crippen LogP) is 7.77. The molecule has 0 saturated carbocycles. The van der Waals surface area contributed by atoms with Crippen LogP contribution in [0.25, 0.3) is 0 Å². The molecule has 6 nitrogen and oxygen atoms in total. The number of ether oxygens (including phenoxy) is 4. The smallest absolute Gasteiger partial charge is 0.404 e. The molecule has 0 radical (unpaired) electrons. The molecule has 0 bridgehead atoms. The fourth-order valence-corrected chi connectivity index (χ4v) is 4.26. The van der Waals surface area contributed by atoms with E-state index in [2.05, 4.69) is 17.0 Å². The molecule has 1 rings (SSSR count). The molecular weight excluding hydrogens is 513 g/mol. The number of amides is 1. The highest BCUT2D eigenvalue weighted by Crippen LogP contribution is 2.34. The van der Waals surface area contributed by atoms with Crippen LogP contribution >= 0.6 is 0 Å². The highest BCUT2D eigenvalue weighted by Gasteiger charge is 2.41. The molecule has 0 aliphatic heterocycles. The second kappa shape index (κ2) is 18.3. The number of nitrogens with one attached hydrogen (secondary N) is 1. The van der Waals surface area contributed by atoms with Crippen molar-refractivity contribution in [1.29, 1.82) is 0 Å². The molecule has 0 saturated heterocycles. The van der Waals surface area contributed by atoms with Gasteiger partial charge in [-0.3, -0.25) is 0 Å². The number of unbranched alkanes of at least 4 members (excludes halogenated alkanes) is 6. The Morgan fingerprint density at radius 1 is 0.684 bits per heavy atom. The lowest BCUT2D eigenvalue weighted by Gasteiger charge is -2.39. The quantitative estimate of drug-likeness (QED) is 0.0585. The van der Waals surface area contributed by atoms with Crippen molar-refractivity contribution in [3.8, 4) is 5.75 Å². The molecule has 0 aromatic heterocycles. The third-order valence-electron chi connectivity index (χ3n) is 6.06. The first-order valence-electron chi connectivity index (χ1n) is 13.6. The Morgan fingerprint density at radius 2 is 1.13 bits per heavy atom. The lowest BCUT2D eigenvalue weighted by molar-refractivity contribution is -0.403. The number of hydrogen-bond donors (Lipinski definition) is 1. The lowest BCUT2D eigenvalue weighted by atomic mass is 9.92. The van der Waals surface area contributed by atoms with E-state index in [1.54, 1.807) is 0 Å². The third kappa shape index (κ3) is 10.3. The van der Waals surface area contributed by atoms with E-state index in [9.17, 15) is 26.7 Å². The SMILES string of the molecule is CCCCCCCCC(CCCCNC(=O)Oc1c(F)c(F)c(F)c(F)c1F)C(OCC)(OCC)OCC. The Morgan fingerprint density at radius 3 is 1.63 bits per heavy atom. The number of halogens is 5. The van der Waals surface area contributed by atoms with Crippen molar-refractivity contribution >= 4 is 6.09 Å². The molecule has 220 valence electrons. The summed E-state index contributed by atoms with van der Waals surface area (Å²) >= 11 is 0. The van der Waals surface area contributed by atoms with Crippen LogP contribution in [0.15, 0.2) is 0 Å². The Hall–Kier alpha value is -1.98. The number of carbonyl (C=O) groups is 1. The molecule has 1 aromatic rings. The fraction of sp³-hybridized carbons (Fsp3) is 0.741. The molecule has 38 heavy (non-hydrogen) atoms. The van der Waals surface area contributed by atoms with Gasteiger partial charge in [0.15, 0.2) is 0 Å². The van der Waals surface area contributed by atoms with Crippen molar-refractivity contribution in [2.24, 2.45) is 5.92 Å². The van der Waals surface area contributed by atoms with Gasteiger partial charge < -0.3 is 24.3 Å². The third-order valence-corrected chi connectivity index (χ3v) is 6.06. The minimum Gasteiger partial charge on any atom is -0.404 e. The second-order valence-electron chi connectivity index (χ2n) is 8.87. The number of benzene rings is 1. The van der Waals surface area contributed by atoms with Gasteiger partial charge in [-0.05, 0) is 40.0 Å². The van der Waals surface area contributed by atoms with Crippen LogP contribution in [0, 0.1) is 35.0 Å². The van der Waals surface area contributed by atoms with E-state index in [0.29, 0.717) is 39.1 Å². The molecule has 1 N–H and O–H groups in total. The van der Waals surface area contributed by atoms with Crippen molar-refractivity contribution in [3.63, 3.8) is 0 Å². The van der Waals surface area contributed by atoms with Crippen LogP contribution in [0.5, 0.6) is 5.75 Å². The molecule has 1 amide bonds. The summed E-state index contributed by atoms with van der Waals surface area (Å²) in [6, 6.07) is 0. The zero-order valence-corrected chi connectivity index (χ0v) is 22.9. The second-order valence-corrected chi connectivity index (χ2v) is 8.87. The van der Waals surface area contributed by atoms with Crippen molar-refractivity contribution < 1.29 is 45.7 Å². The van der Waals surface area contributed by atoms with E-state index < -0.39 is 46.9 Å². The molecular formula is C27H42F5NO5. The standard InChI is InChI=1S/C27H42F5NO5/c1-5-9-10-11-12-13-16-19(27(35-6-2,36-7-3)37-8-4)17-14-15-18-33-26(34)38-25-23(31)21(29)20(28)22(30)24(25)32/h19H,5-18H2,1-4H3,(H,33,34). The van der Waals surface area contributed by atoms with Gasteiger partial charge in [0.25, 0.3) is 5.97 Å². The van der Waals surface area contributed by atoms with Crippen LogP contribution < -0.4 is 10.1 Å². The first-order chi connectivity index (χ1) is 18.2. The summed E-state index contributed by atoms with van der Waals surface area (Å²) in [6.45, 7) is 9.04. The zero-order chi connectivity index (χ0) is 28.6. The van der Waals surface area contributed by atoms with Crippen LogP contribution in [0.1, 0.15) is 91.9 Å². The molecule has 11 heteroatoms. The average Bonchev–Trinajstić information content (AvgIpc) is 2.89. The summed E-state index contributed by atoms with van der Waals surface area (Å²) in [7, 11) is 0. The first-order valence-corrected chi connectivity index (χ1v) is 13.6. The molecule has 0 heterocycles. The van der Waals surface area contributed by atoms with Crippen LogP contribution in [-0.2, 0) is 14.2 Å². The molecule has 0 aliphatic rings. The van der Waals surface area contributed by atoms with Gasteiger partial charge in [0.2, 0.25) is 34.8 Å². The molecule has 1 unspecified atom stereocenters. The summed E-state index contributed by atoms with van der Waals surface area (Å²) < 4.78 is 89.5. The van der Waals surface area contributed by atoms with Crippen molar-refractivity contribution in [2.75, 3.05) is 26.4 Å². The highest BCUT2D eigenvalue weighted by atomic mass is 19.2. The maximum Gasteiger partial charge on any atom is 0.412 e. The molecule has 1 aromatic carbocycles. The first kappa shape index (κ1) is 34.0. The number of carbonyl (C=O) groups excluding carboxylic acids is 1. The summed E-state index contributed by atoms with van der Waals surface area (Å²) in [5, 5.41) is 2.27. The van der Waals surface area contributed by atoms with Crippen LogP contribution in [0.2, 0.25) is 0 Å². The molecule has 0 aliphatic carbocycles. The Bertz CT molecular complexity index is 797. The van der Waals surface area contributed by atoms with E-state index in [1.165, 1.54) is 19.3 Å². The van der Waals surface area contributed by atoms with Gasteiger partial charge in [0.05, 0.1) is 0 Å². The monoisotopic (exact) mass is 555 g/mol. The van der Waals surface area contributed by atoms with Crippen LogP contribution in [0.4, 0.5) is 26.7 Å². The summed E-state index contributed by atoms with van der Waals surface area (Å²) in [4.78, 5) is 11.9. The highest BCUT2D eigenvalue weighted by molar-refractivity contribution is 5.70.